The van der Waals surface area contributed by atoms with E-state index in [1.807, 2.05) is 18.7 Å². The standard InChI is InChI=1S/C22H43NO3/c1-10-22(9,18(2)24)26-17-13-11-12-14-19(25)23(21(6,7)8)16-15-20(3,4)5/h10-17H2,1-9H3. The third kappa shape index (κ3) is 9.70. The van der Waals surface area contributed by atoms with Crippen LogP contribution < -0.4 is 0 Å². The molecule has 0 aliphatic carbocycles. The zero-order valence-electron chi connectivity index (χ0n) is 18.8. The van der Waals surface area contributed by atoms with Crippen LogP contribution in [0.1, 0.15) is 101 Å². The molecule has 0 aliphatic rings. The van der Waals surface area contributed by atoms with E-state index in [-0.39, 0.29) is 22.6 Å². The maximum absolute atomic E-state index is 12.7. The van der Waals surface area contributed by atoms with Crippen LogP contribution >= 0.6 is 0 Å². The molecule has 1 unspecified atom stereocenters. The van der Waals surface area contributed by atoms with E-state index < -0.39 is 5.60 Å². The van der Waals surface area contributed by atoms with Gasteiger partial charge < -0.3 is 9.64 Å². The number of hydrogen-bond donors (Lipinski definition) is 0. The normalized spacial score (nSPS) is 14.8. The molecule has 0 radical (unpaired) electrons. The Morgan fingerprint density at radius 3 is 1.92 bits per heavy atom. The molecule has 0 aromatic heterocycles. The second kappa shape index (κ2) is 10.4. The molecule has 0 aromatic rings. The van der Waals surface area contributed by atoms with Crippen molar-refractivity contribution >= 4 is 11.7 Å². The molecule has 0 rings (SSSR count). The predicted molar refractivity (Wildman–Crippen MR) is 109 cm³/mol. The highest BCUT2D eigenvalue weighted by molar-refractivity contribution is 5.84. The number of nitrogens with zero attached hydrogens (tertiary/aromatic N) is 1. The maximum Gasteiger partial charge on any atom is 0.222 e. The zero-order chi connectivity index (χ0) is 20.6. The van der Waals surface area contributed by atoms with Crippen LogP contribution in [-0.4, -0.2) is 40.9 Å². The first-order valence-electron chi connectivity index (χ1n) is 10.2. The summed E-state index contributed by atoms with van der Waals surface area (Å²) in [5.74, 6) is 0.319. The number of ether oxygens (including phenoxy) is 1. The van der Waals surface area contributed by atoms with Gasteiger partial charge in [0.25, 0.3) is 0 Å². The van der Waals surface area contributed by atoms with Gasteiger partial charge >= 0.3 is 0 Å². The molecular weight excluding hydrogens is 326 g/mol. The van der Waals surface area contributed by atoms with Crippen molar-refractivity contribution in [2.24, 2.45) is 5.41 Å². The highest BCUT2D eigenvalue weighted by atomic mass is 16.5. The molecule has 4 nitrogen and oxygen atoms in total. The summed E-state index contributed by atoms with van der Waals surface area (Å²) in [6.45, 7) is 19.7. The number of amides is 1. The molecule has 154 valence electrons. The van der Waals surface area contributed by atoms with Crippen LogP contribution in [0.15, 0.2) is 0 Å². The fourth-order valence-corrected chi connectivity index (χ4v) is 2.72. The molecule has 0 aliphatic heterocycles. The average Bonchev–Trinajstić information content (AvgIpc) is 2.47. The Morgan fingerprint density at radius 2 is 1.50 bits per heavy atom. The number of ketones is 1. The highest BCUT2D eigenvalue weighted by Crippen LogP contribution is 2.23. The minimum atomic E-state index is -0.661. The van der Waals surface area contributed by atoms with E-state index in [1.54, 1.807) is 6.92 Å². The van der Waals surface area contributed by atoms with Crippen molar-refractivity contribution in [3.8, 4) is 0 Å². The van der Waals surface area contributed by atoms with E-state index in [1.165, 1.54) is 0 Å². The fourth-order valence-electron chi connectivity index (χ4n) is 2.72. The van der Waals surface area contributed by atoms with Gasteiger partial charge in [-0.05, 0) is 65.7 Å². The van der Waals surface area contributed by atoms with Crippen molar-refractivity contribution in [3.63, 3.8) is 0 Å². The number of unbranched alkanes of at least 4 members (excludes halogenated alkanes) is 2. The van der Waals surface area contributed by atoms with E-state index >= 15 is 0 Å². The topological polar surface area (TPSA) is 46.6 Å². The van der Waals surface area contributed by atoms with Gasteiger partial charge in [-0.3, -0.25) is 9.59 Å². The molecular formula is C22H43NO3. The van der Waals surface area contributed by atoms with Gasteiger partial charge in [-0.2, -0.15) is 0 Å². The van der Waals surface area contributed by atoms with Gasteiger partial charge in [0.05, 0.1) is 0 Å². The molecule has 0 N–H and O–H groups in total. The summed E-state index contributed by atoms with van der Waals surface area (Å²) in [5, 5.41) is 0. The molecule has 1 atom stereocenters. The second-order valence-electron chi connectivity index (χ2n) is 9.83. The largest absolute Gasteiger partial charge is 0.368 e. The summed E-state index contributed by atoms with van der Waals surface area (Å²) in [6, 6.07) is 0. The Bertz CT molecular complexity index is 445. The summed E-state index contributed by atoms with van der Waals surface area (Å²) < 4.78 is 5.78. The lowest BCUT2D eigenvalue weighted by Gasteiger charge is -2.37. The quantitative estimate of drug-likeness (QED) is 0.459. The van der Waals surface area contributed by atoms with Crippen LogP contribution in [-0.2, 0) is 14.3 Å². The van der Waals surface area contributed by atoms with Crippen LogP contribution in [0.4, 0.5) is 0 Å². The number of hydrogen-bond acceptors (Lipinski definition) is 3. The van der Waals surface area contributed by atoms with Crippen LogP contribution in [0.2, 0.25) is 0 Å². The molecule has 4 heteroatoms. The lowest BCUT2D eigenvalue weighted by Crippen LogP contribution is -2.46. The lowest BCUT2D eigenvalue weighted by atomic mass is 9.91. The summed E-state index contributed by atoms with van der Waals surface area (Å²) in [6.07, 6.45) is 4.97. The van der Waals surface area contributed by atoms with Crippen molar-refractivity contribution in [1.82, 2.24) is 4.90 Å². The summed E-state index contributed by atoms with van der Waals surface area (Å²) in [5.41, 5.74) is -0.578. The summed E-state index contributed by atoms with van der Waals surface area (Å²) in [7, 11) is 0. The van der Waals surface area contributed by atoms with Gasteiger partial charge in [0, 0.05) is 25.1 Å². The molecule has 0 heterocycles. The van der Waals surface area contributed by atoms with Crippen molar-refractivity contribution < 1.29 is 14.3 Å². The van der Waals surface area contributed by atoms with Gasteiger partial charge in [-0.25, -0.2) is 0 Å². The third-order valence-electron chi connectivity index (χ3n) is 5.07. The van der Waals surface area contributed by atoms with E-state index in [0.717, 1.165) is 32.2 Å². The number of Topliss-reactive ketones (excluding diaryl/α,β-unsaturated/α-hetero) is 1. The number of carbonyl (C=O) groups is 2. The molecule has 1 amide bonds. The van der Waals surface area contributed by atoms with E-state index in [9.17, 15) is 9.59 Å². The number of rotatable bonds is 11. The van der Waals surface area contributed by atoms with Gasteiger partial charge in [0.2, 0.25) is 5.91 Å². The lowest BCUT2D eigenvalue weighted by molar-refractivity contribution is -0.140. The molecule has 0 bridgehead atoms. The van der Waals surface area contributed by atoms with E-state index in [4.69, 9.17) is 4.74 Å². The monoisotopic (exact) mass is 369 g/mol. The average molecular weight is 370 g/mol. The molecule has 0 fully saturated rings. The minimum absolute atomic E-state index is 0.0786. The molecule has 0 aromatic carbocycles. The Hall–Kier alpha value is -0.900. The highest BCUT2D eigenvalue weighted by Gasteiger charge is 2.28. The van der Waals surface area contributed by atoms with Crippen molar-refractivity contribution in [2.45, 2.75) is 112 Å². The first-order chi connectivity index (χ1) is 11.7. The zero-order valence-corrected chi connectivity index (χ0v) is 18.8. The van der Waals surface area contributed by atoms with Gasteiger partial charge in [0.15, 0.2) is 5.78 Å². The Kier molecular flexibility index (Phi) is 10.1. The maximum atomic E-state index is 12.7. The number of carbonyl (C=O) groups excluding carboxylic acids is 2. The SMILES string of the molecule is CCC(C)(OCCCCCC(=O)N(CCC(C)(C)C)C(C)(C)C)C(C)=O. The second-order valence-corrected chi connectivity index (χ2v) is 9.83. The smallest absolute Gasteiger partial charge is 0.222 e. The minimum Gasteiger partial charge on any atom is -0.368 e. The fraction of sp³-hybridized carbons (Fsp3) is 0.909. The Morgan fingerprint density at radius 1 is 0.923 bits per heavy atom. The first-order valence-corrected chi connectivity index (χ1v) is 10.2. The molecule has 0 spiro atoms. The predicted octanol–water partition coefficient (Wildman–Crippen LogP) is 5.38. The first kappa shape index (κ1) is 25.1. The van der Waals surface area contributed by atoms with Crippen LogP contribution in [0, 0.1) is 5.41 Å². The molecule has 26 heavy (non-hydrogen) atoms. The third-order valence-corrected chi connectivity index (χ3v) is 5.07. The van der Waals surface area contributed by atoms with Crippen molar-refractivity contribution in [1.29, 1.82) is 0 Å². The summed E-state index contributed by atoms with van der Waals surface area (Å²) >= 11 is 0. The molecule has 0 saturated heterocycles. The summed E-state index contributed by atoms with van der Waals surface area (Å²) in [4.78, 5) is 26.3. The van der Waals surface area contributed by atoms with Crippen LogP contribution in [0.3, 0.4) is 0 Å². The van der Waals surface area contributed by atoms with Crippen molar-refractivity contribution in [2.75, 3.05) is 13.2 Å². The van der Waals surface area contributed by atoms with Gasteiger partial charge in [-0.1, -0.05) is 34.1 Å². The molecule has 0 saturated carbocycles. The van der Waals surface area contributed by atoms with Gasteiger partial charge in [0.1, 0.15) is 5.60 Å². The van der Waals surface area contributed by atoms with Gasteiger partial charge in [-0.15, -0.1) is 0 Å². The van der Waals surface area contributed by atoms with Crippen molar-refractivity contribution in [3.05, 3.63) is 0 Å². The van der Waals surface area contributed by atoms with Crippen LogP contribution in [0.25, 0.3) is 0 Å². The van der Waals surface area contributed by atoms with E-state index in [2.05, 4.69) is 41.5 Å². The Balaban J connectivity index is 4.30. The van der Waals surface area contributed by atoms with Crippen LogP contribution in [0.5, 0.6) is 0 Å². The van der Waals surface area contributed by atoms with E-state index in [0.29, 0.717) is 19.4 Å². The Labute approximate surface area is 162 Å².